The molecule has 0 amide bonds. The lowest BCUT2D eigenvalue weighted by molar-refractivity contribution is -0.385. The molecule has 1 aromatic rings. The van der Waals surface area contributed by atoms with Gasteiger partial charge in [-0.3, -0.25) is 10.1 Å². The zero-order valence-electron chi connectivity index (χ0n) is 8.93. The first-order valence-electron chi connectivity index (χ1n) is 5.71. The third-order valence-corrected chi connectivity index (χ3v) is 3.97. The summed E-state index contributed by atoms with van der Waals surface area (Å²) >= 11 is 0. The van der Waals surface area contributed by atoms with Gasteiger partial charge >= 0.3 is 0 Å². The van der Waals surface area contributed by atoms with Crippen LogP contribution in [0.1, 0.15) is 17.9 Å². The van der Waals surface area contributed by atoms with Gasteiger partial charge in [-0.25, -0.2) is 0 Å². The minimum atomic E-state index is -0.313. The van der Waals surface area contributed by atoms with Gasteiger partial charge in [-0.1, -0.05) is 12.1 Å². The van der Waals surface area contributed by atoms with Crippen LogP contribution in [0.15, 0.2) is 24.3 Å². The van der Waals surface area contributed by atoms with E-state index in [2.05, 4.69) is 5.32 Å². The highest BCUT2D eigenvalue weighted by molar-refractivity contribution is 5.37. The van der Waals surface area contributed by atoms with E-state index in [-0.39, 0.29) is 10.6 Å². The van der Waals surface area contributed by atoms with E-state index in [0.717, 1.165) is 24.6 Å². The molecule has 1 aliphatic heterocycles. The maximum atomic E-state index is 10.7. The number of nitro groups is 1. The summed E-state index contributed by atoms with van der Waals surface area (Å²) in [6.07, 6.45) is 1.18. The van der Waals surface area contributed by atoms with Crippen molar-refractivity contribution in [1.82, 2.24) is 5.32 Å². The molecule has 1 saturated carbocycles. The fraction of sp³-hybridized carbons (Fsp3) is 0.500. The number of rotatable bonds is 2. The minimum absolute atomic E-state index is 0.215. The van der Waals surface area contributed by atoms with E-state index in [1.807, 2.05) is 6.07 Å². The fourth-order valence-electron chi connectivity index (χ4n) is 3.04. The smallest absolute Gasteiger partial charge is 0.269 e. The molecule has 1 aliphatic carbocycles. The van der Waals surface area contributed by atoms with Gasteiger partial charge in [-0.15, -0.1) is 0 Å². The number of non-ortho nitro benzene ring substituents is 1. The summed E-state index contributed by atoms with van der Waals surface area (Å²) in [6.45, 7) is 2.19. The summed E-state index contributed by atoms with van der Waals surface area (Å²) < 4.78 is 0. The second-order valence-corrected chi connectivity index (χ2v) is 4.78. The van der Waals surface area contributed by atoms with Crippen molar-refractivity contribution in [1.29, 1.82) is 0 Å². The van der Waals surface area contributed by atoms with Gasteiger partial charge in [-0.05, 0) is 42.8 Å². The average Bonchev–Trinajstić information content (AvgIpc) is 2.61. The van der Waals surface area contributed by atoms with Gasteiger partial charge in [0.15, 0.2) is 0 Å². The first kappa shape index (κ1) is 9.78. The second-order valence-electron chi connectivity index (χ2n) is 4.78. The molecule has 3 rings (SSSR count). The Labute approximate surface area is 93.8 Å². The average molecular weight is 218 g/mol. The van der Waals surface area contributed by atoms with Crippen molar-refractivity contribution in [3.05, 3.63) is 39.9 Å². The van der Waals surface area contributed by atoms with Crippen LogP contribution >= 0.6 is 0 Å². The van der Waals surface area contributed by atoms with E-state index in [1.165, 1.54) is 6.42 Å². The van der Waals surface area contributed by atoms with Crippen molar-refractivity contribution in [2.24, 2.45) is 11.8 Å². The summed E-state index contributed by atoms with van der Waals surface area (Å²) in [5.41, 5.74) is 1.35. The number of nitrogens with one attached hydrogen (secondary N) is 1. The van der Waals surface area contributed by atoms with Gasteiger partial charge < -0.3 is 5.32 Å². The standard InChI is InChI=1S/C12H14N2O2/c15-14(16)10-3-1-2-8(4-10)11-5-9-6-13-7-12(9)11/h1-4,9,11-13H,5-7H2/t9-,11-,12-/m0/s1. The molecule has 1 N–H and O–H groups in total. The van der Waals surface area contributed by atoms with Crippen LogP contribution in [0.5, 0.6) is 0 Å². The van der Waals surface area contributed by atoms with Crippen LogP contribution in [0.4, 0.5) is 5.69 Å². The van der Waals surface area contributed by atoms with Gasteiger partial charge in [0.05, 0.1) is 4.92 Å². The van der Waals surface area contributed by atoms with Gasteiger partial charge in [-0.2, -0.15) is 0 Å². The molecule has 16 heavy (non-hydrogen) atoms. The number of fused-ring (bicyclic) bond motifs is 1. The molecule has 0 unspecified atom stereocenters. The van der Waals surface area contributed by atoms with Crippen LogP contribution in [0.2, 0.25) is 0 Å². The summed E-state index contributed by atoms with van der Waals surface area (Å²) in [5.74, 6) is 2.02. The molecule has 0 bridgehead atoms. The Kier molecular flexibility index (Phi) is 2.17. The number of nitrogens with zero attached hydrogens (tertiary/aromatic N) is 1. The Bertz CT molecular complexity index is 433. The Morgan fingerprint density at radius 2 is 2.25 bits per heavy atom. The first-order valence-corrected chi connectivity index (χ1v) is 5.71. The molecule has 1 heterocycles. The Balaban J connectivity index is 1.84. The zero-order chi connectivity index (χ0) is 11.1. The Morgan fingerprint density at radius 1 is 1.38 bits per heavy atom. The molecule has 0 radical (unpaired) electrons. The summed E-state index contributed by atoms with van der Waals surface area (Å²) in [4.78, 5) is 10.4. The molecule has 1 saturated heterocycles. The highest BCUT2D eigenvalue weighted by Crippen LogP contribution is 2.49. The van der Waals surface area contributed by atoms with E-state index < -0.39 is 0 Å². The molecule has 4 nitrogen and oxygen atoms in total. The van der Waals surface area contributed by atoms with E-state index in [4.69, 9.17) is 0 Å². The van der Waals surface area contributed by atoms with Crippen molar-refractivity contribution < 1.29 is 4.92 Å². The lowest BCUT2D eigenvalue weighted by atomic mass is 9.64. The number of nitro benzene ring substituents is 1. The number of hydrogen-bond donors (Lipinski definition) is 1. The van der Waals surface area contributed by atoms with Crippen molar-refractivity contribution in [2.45, 2.75) is 12.3 Å². The molecular formula is C12H14N2O2. The van der Waals surface area contributed by atoms with E-state index in [1.54, 1.807) is 18.2 Å². The Morgan fingerprint density at radius 3 is 3.00 bits per heavy atom. The molecule has 3 atom stereocenters. The third kappa shape index (κ3) is 1.41. The topological polar surface area (TPSA) is 55.2 Å². The van der Waals surface area contributed by atoms with Crippen LogP contribution in [-0.2, 0) is 0 Å². The maximum absolute atomic E-state index is 10.7. The number of benzene rings is 1. The summed E-state index contributed by atoms with van der Waals surface area (Å²) in [7, 11) is 0. The molecule has 2 aliphatic rings. The Hall–Kier alpha value is -1.42. The van der Waals surface area contributed by atoms with Crippen molar-refractivity contribution in [2.75, 3.05) is 13.1 Å². The monoisotopic (exact) mass is 218 g/mol. The van der Waals surface area contributed by atoms with Gasteiger partial charge in [0.1, 0.15) is 0 Å². The van der Waals surface area contributed by atoms with Crippen LogP contribution in [0.25, 0.3) is 0 Å². The van der Waals surface area contributed by atoms with Crippen LogP contribution < -0.4 is 5.32 Å². The van der Waals surface area contributed by atoms with E-state index >= 15 is 0 Å². The second kappa shape index (κ2) is 3.56. The molecule has 1 aromatic carbocycles. The van der Waals surface area contributed by atoms with Crippen molar-refractivity contribution in [3.63, 3.8) is 0 Å². The SMILES string of the molecule is O=[N+]([O-])c1cccc([C@@H]2C[C@H]3CNC[C@@H]32)c1. The molecule has 4 heteroatoms. The quantitative estimate of drug-likeness (QED) is 0.609. The first-order chi connectivity index (χ1) is 7.75. The van der Waals surface area contributed by atoms with E-state index in [0.29, 0.717) is 11.8 Å². The molecule has 0 aromatic heterocycles. The maximum Gasteiger partial charge on any atom is 0.269 e. The van der Waals surface area contributed by atoms with Crippen molar-refractivity contribution >= 4 is 5.69 Å². The lowest BCUT2D eigenvalue weighted by Crippen LogP contribution is -2.33. The molecule has 84 valence electrons. The normalized spacial score (nSPS) is 31.9. The molecular weight excluding hydrogens is 204 g/mol. The highest BCUT2D eigenvalue weighted by Gasteiger charge is 2.44. The summed E-state index contributed by atoms with van der Waals surface area (Å²) in [5, 5.41) is 14.1. The number of hydrogen-bond acceptors (Lipinski definition) is 3. The molecule has 0 spiro atoms. The third-order valence-electron chi connectivity index (χ3n) is 3.97. The zero-order valence-corrected chi connectivity index (χ0v) is 8.93. The van der Waals surface area contributed by atoms with Crippen LogP contribution in [0, 0.1) is 22.0 Å². The molecule has 2 fully saturated rings. The fourth-order valence-corrected chi connectivity index (χ4v) is 3.04. The van der Waals surface area contributed by atoms with Gasteiger partial charge in [0, 0.05) is 12.1 Å². The predicted octanol–water partition coefficient (Wildman–Crippen LogP) is 1.92. The lowest BCUT2D eigenvalue weighted by Gasteiger charge is -2.39. The van der Waals surface area contributed by atoms with E-state index in [9.17, 15) is 10.1 Å². The largest absolute Gasteiger partial charge is 0.316 e. The van der Waals surface area contributed by atoms with Gasteiger partial charge in [0.2, 0.25) is 0 Å². The highest BCUT2D eigenvalue weighted by atomic mass is 16.6. The van der Waals surface area contributed by atoms with Gasteiger partial charge in [0.25, 0.3) is 5.69 Å². The van der Waals surface area contributed by atoms with Crippen LogP contribution in [0.3, 0.4) is 0 Å². The van der Waals surface area contributed by atoms with Crippen LogP contribution in [-0.4, -0.2) is 18.0 Å². The predicted molar refractivity (Wildman–Crippen MR) is 60.3 cm³/mol. The summed E-state index contributed by atoms with van der Waals surface area (Å²) in [6, 6.07) is 7.11. The minimum Gasteiger partial charge on any atom is -0.316 e. The van der Waals surface area contributed by atoms with Crippen molar-refractivity contribution in [3.8, 4) is 0 Å².